The van der Waals surface area contributed by atoms with Gasteiger partial charge in [0, 0.05) is 27.0 Å². The first-order chi connectivity index (χ1) is 9.65. The molecule has 0 aromatic carbocycles. The molecule has 1 unspecified atom stereocenters. The highest BCUT2D eigenvalue weighted by atomic mass is 16.5. The van der Waals surface area contributed by atoms with Gasteiger partial charge in [-0.2, -0.15) is 0 Å². The molecule has 1 heterocycles. The molecule has 0 saturated heterocycles. The summed E-state index contributed by atoms with van der Waals surface area (Å²) in [6.45, 7) is 3.73. The van der Waals surface area contributed by atoms with Crippen molar-refractivity contribution in [2.45, 2.75) is 13.0 Å². The predicted molar refractivity (Wildman–Crippen MR) is 77.3 cm³/mol. The van der Waals surface area contributed by atoms with Crippen LogP contribution in [0.4, 0.5) is 5.82 Å². The van der Waals surface area contributed by atoms with E-state index < -0.39 is 0 Å². The molecule has 0 bridgehead atoms. The van der Waals surface area contributed by atoms with Crippen LogP contribution in [0.1, 0.15) is 12.5 Å². The third-order valence-corrected chi connectivity index (χ3v) is 2.92. The molecule has 0 fully saturated rings. The molecular weight excluding hydrogens is 260 g/mol. The van der Waals surface area contributed by atoms with E-state index >= 15 is 0 Å². The minimum Gasteiger partial charge on any atom is -0.409 e. The molecule has 0 aliphatic carbocycles. The normalized spacial score (nSPS) is 13.2. The maximum Gasteiger partial charge on any atom is 0.173 e. The van der Waals surface area contributed by atoms with Crippen molar-refractivity contribution in [1.82, 2.24) is 4.98 Å². The van der Waals surface area contributed by atoms with E-state index in [1.165, 1.54) is 0 Å². The first-order valence-electron chi connectivity index (χ1n) is 6.33. The van der Waals surface area contributed by atoms with Crippen LogP contribution < -0.4 is 10.6 Å². The summed E-state index contributed by atoms with van der Waals surface area (Å²) in [5.74, 6) is 0.671. The zero-order chi connectivity index (χ0) is 15.0. The molecular formula is C13H22N4O3. The maximum absolute atomic E-state index is 8.88. The van der Waals surface area contributed by atoms with Gasteiger partial charge in [-0.25, -0.2) is 4.98 Å². The van der Waals surface area contributed by atoms with Crippen LogP contribution in [0.5, 0.6) is 0 Å². The molecule has 0 aliphatic heterocycles. The van der Waals surface area contributed by atoms with E-state index in [1.54, 1.807) is 32.5 Å². The Labute approximate surface area is 119 Å². The van der Waals surface area contributed by atoms with E-state index in [1.807, 2.05) is 11.8 Å². The molecule has 0 radical (unpaired) electrons. The van der Waals surface area contributed by atoms with E-state index in [2.05, 4.69) is 10.1 Å². The molecule has 0 spiro atoms. The van der Waals surface area contributed by atoms with Crippen molar-refractivity contribution < 1.29 is 14.7 Å². The number of aromatic nitrogens is 1. The summed E-state index contributed by atoms with van der Waals surface area (Å²) in [6.07, 6.45) is 1.67. The molecule has 1 atom stereocenters. The second kappa shape index (κ2) is 8.34. The van der Waals surface area contributed by atoms with Crippen molar-refractivity contribution in [1.29, 1.82) is 0 Å². The van der Waals surface area contributed by atoms with Crippen LogP contribution in [-0.4, -0.2) is 56.0 Å². The smallest absolute Gasteiger partial charge is 0.173 e. The predicted octanol–water partition coefficient (Wildman–Crippen LogP) is 0.664. The van der Waals surface area contributed by atoms with E-state index in [-0.39, 0.29) is 11.9 Å². The molecule has 20 heavy (non-hydrogen) atoms. The van der Waals surface area contributed by atoms with Crippen molar-refractivity contribution in [3.8, 4) is 0 Å². The second-order valence-electron chi connectivity index (χ2n) is 4.35. The summed E-state index contributed by atoms with van der Waals surface area (Å²) in [7, 11) is 3.29. The molecule has 1 aromatic rings. The van der Waals surface area contributed by atoms with E-state index in [0.717, 1.165) is 0 Å². The fourth-order valence-electron chi connectivity index (χ4n) is 1.94. The van der Waals surface area contributed by atoms with Gasteiger partial charge in [0.1, 0.15) is 5.82 Å². The maximum atomic E-state index is 8.88. The third kappa shape index (κ3) is 4.07. The Hall–Kier alpha value is -1.86. The first kappa shape index (κ1) is 16.2. The van der Waals surface area contributed by atoms with Crippen molar-refractivity contribution >= 4 is 11.7 Å². The molecule has 3 N–H and O–H groups in total. The summed E-state index contributed by atoms with van der Waals surface area (Å²) >= 11 is 0. The van der Waals surface area contributed by atoms with Crippen LogP contribution in [-0.2, 0) is 9.47 Å². The lowest BCUT2D eigenvalue weighted by Crippen LogP contribution is -2.40. The van der Waals surface area contributed by atoms with E-state index in [0.29, 0.717) is 31.1 Å². The Kier molecular flexibility index (Phi) is 6.75. The number of hydrogen-bond acceptors (Lipinski definition) is 6. The number of methoxy groups -OCH3 is 2. The lowest BCUT2D eigenvalue weighted by atomic mass is 10.2. The average Bonchev–Trinajstić information content (AvgIpc) is 2.47. The fraction of sp³-hybridized carbons (Fsp3) is 0.538. The molecule has 7 heteroatoms. The number of rotatable bonds is 8. The number of amidine groups is 1. The third-order valence-electron chi connectivity index (χ3n) is 2.92. The van der Waals surface area contributed by atoms with Crippen molar-refractivity contribution in [3.05, 3.63) is 23.9 Å². The number of nitrogens with zero attached hydrogens (tertiary/aromatic N) is 3. The summed E-state index contributed by atoms with van der Waals surface area (Å²) in [6, 6.07) is 3.58. The van der Waals surface area contributed by atoms with Gasteiger partial charge in [0.15, 0.2) is 5.84 Å². The molecule has 0 amide bonds. The zero-order valence-electron chi connectivity index (χ0n) is 12.1. The monoisotopic (exact) mass is 282 g/mol. The minimum atomic E-state index is 0.0279. The van der Waals surface area contributed by atoms with Crippen LogP contribution >= 0.6 is 0 Å². The van der Waals surface area contributed by atoms with Gasteiger partial charge in [0.25, 0.3) is 0 Å². The Morgan fingerprint density at radius 1 is 1.50 bits per heavy atom. The molecule has 1 aromatic heterocycles. The SMILES string of the molecule is COCCN(c1ncccc1C(N)=NO)C(C)COC. The van der Waals surface area contributed by atoms with Crippen molar-refractivity contribution in [2.24, 2.45) is 10.9 Å². The molecule has 112 valence electrons. The van der Waals surface area contributed by atoms with E-state index in [4.69, 9.17) is 20.4 Å². The van der Waals surface area contributed by atoms with Gasteiger partial charge >= 0.3 is 0 Å². The lowest BCUT2D eigenvalue weighted by molar-refractivity contribution is 0.170. The first-order valence-corrected chi connectivity index (χ1v) is 6.33. The van der Waals surface area contributed by atoms with Gasteiger partial charge in [-0.3, -0.25) is 0 Å². The molecule has 7 nitrogen and oxygen atoms in total. The van der Waals surface area contributed by atoms with Crippen LogP contribution in [0, 0.1) is 0 Å². The zero-order valence-corrected chi connectivity index (χ0v) is 12.1. The summed E-state index contributed by atoms with van der Waals surface area (Å²) in [5, 5.41) is 11.9. The standard InChI is InChI=1S/C13H22N4O3/c1-10(9-20-3)17(7-8-19-2)13-11(12(14)16-18)5-4-6-15-13/h4-6,10,18H,7-9H2,1-3H3,(H2,14,16). The van der Waals surface area contributed by atoms with Gasteiger partial charge in [-0.1, -0.05) is 5.16 Å². The number of ether oxygens (including phenoxy) is 2. The van der Waals surface area contributed by atoms with Gasteiger partial charge in [-0.05, 0) is 19.1 Å². The van der Waals surface area contributed by atoms with Gasteiger partial charge in [-0.15, -0.1) is 0 Å². The molecule has 0 saturated carbocycles. The topological polar surface area (TPSA) is 93.2 Å². The minimum absolute atomic E-state index is 0.0279. The van der Waals surface area contributed by atoms with Crippen LogP contribution in [0.2, 0.25) is 0 Å². The number of nitrogens with two attached hydrogens (primary N) is 1. The summed E-state index contributed by atoms with van der Waals surface area (Å²) < 4.78 is 10.3. The Morgan fingerprint density at radius 3 is 2.85 bits per heavy atom. The van der Waals surface area contributed by atoms with Gasteiger partial charge < -0.3 is 25.3 Å². The quantitative estimate of drug-likeness (QED) is 0.315. The van der Waals surface area contributed by atoms with Crippen LogP contribution in [0.25, 0.3) is 0 Å². The van der Waals surface area contributed by atoms with Gasteiger partial charge in [0.2, 0.25) is 0 Å². The number of oxime groups is 1. The highest BCUT2D eigenvalue weighted by Gasteiger charge is 2.20. The molecule has 0 aliphatic rings. The number of anilines is 1. The Bertz CT molecular complexity index is 439. The second-order valence-corrected chi connectivity index (χ2v) is 4.35. The lowest BCUT2D eigenvalue weighted by Gasteiger charge is -2.31. The van der Waals surface area contributed by atoms with Crippen LogP contribution in [0.15, 0.2) is 23.5 Å². The number of pyridine rings is 1. The average molecular weight is 282 g/mol. The highest BCUT2D eigenvalue weighted by Crippen LogP contribution is 2.19. The van der Waals surface area contributed by atoms with Crippen molar-refractivity contribution in [2.75, 3.05) is 38.9 Å². The number of hydrogen-bond donors (Lipinski definition) is 2. The largest absolute Gasteiger partial charge is 0.409 e. The van der Waals surface area contributed by atoms with Crippen molar-refractivity contribution in [3.63, 3.8) is 0 Å². The molecule has 1 rings (SSSR count). The van der Waals surface area contributed by atoms with Gasteiger partial charge in [0.05, 0.1) is 24.8 Å². The van der Waals surface area contributed by atoms with E-state index in [9.17, 15) is 0 Å². The van der Waals surface area contributed by atoms with Crippen LogP contribution in [0.3, 0.4) is 0 Å². The highest BCUT2D eigenvalue weighted by molar-refractivity contribution is 6.01. The Balaban J connectivity index is 3.12. The Morgan fingerprint density at radius 2 is 2.25 bits per heavy atom. The fourth-order valence-corrected chi connectivity index (χ4v) is 1.94. The summed E-state index contributed by atoms with van der Waals surface area (Å²) in [4.78, 5) is 6.36. The summed E-state index contributed by atoms with van der Waals surface area (Å²) in [5.41, 5.74) is 6.28.